The van der Waals surface area contributed by atoms with Crippen molar-refractivity contribution in [2.24, 2.45) is 0 Å². The first-order valence-electron chi connectivity index (χ1n) is 3.43. The van der Waals surface area contributed by atoms with Crippen LogP contribution in [0.2, 0.25) is 0 Å². The summed E-state index contributed by atoms with van der Waals surface area (Å²) in [4.78, 5) is 10.3. The molecule has 0 spiro atoms. The van der Waals surface area contributed by atoms with Crippen LogP contribution in [0.1, 0.15) is 26.2 Å². The van der Waals surface area contributed by atoms with E-state index in [2.05, 4.69) is 0 Å². The Balaban J connectivity index is 2.17. The highest BCUT2D eigenvalue weighted by Crippen LogP contribution is 2.37. The number of aldehydes is 1. The Morgan fingerprint density at radius 1 is 1.67 bits per heavy atom. The maximum Gasteiger partial charge on any atom is 0.151 e. The van der Waals surface area contributed by atoms with Crippen molar-refractivity contribution < 1.29 is 9.53 Å². The molecule has 2 heteroatoms. The second-order valence-electron chi connectivity index (χ2n) is 2.53. The summed E-state index contributed by atoms with van der Waals surface area (Å²) in [6.45, 7) is 2.76. The average molecular weight is 128 g/mol. The Morgan fingerprint density at radius 3 is 2.67 bits per heavy atom. The van der Waals surface area contributed by atoms with Crippen LogP contribution >= 0.6 is 0 Å². The van der Waals surface area contributed by atoms with Crippen molar-refractivity contribution in [2.45, 2.75) is 31.8 Å². The maximum absolute atomic E-state index is 10.3. The molecule has 0 aromatic rings. The van der Waals surface area contributed by atoms with E-state index in [1.54, 1.807) is 0 Å². The summed E-state index contributed by atoms with van der Waals surface area (Å²) in [5.74, 6) is 0. The maximum atomic E-state index is 10.3. The Hall–Kier alpha value is -0.370. The molecule has 0 aromatic carbocycles. The molecule has 0 atom stereocenters. The van der Waals surface area contributed by atoms with Crippen LogP contribution in [0.25, 0.3) is 0 Å². The van der Waals surface area contributed by atoms with Crippen molar-refractivity contribution in [1.29, 1.82) is 0 Å². The number of ether oxygens (including phenoxy) is 1. The monoisotopic (exact) mass is 128 g/mol. The number of hydrogen-bond acceptors (Lipinski definition) is 2. The summed E-state index contributed by atoms with van der Waals surface area (Å²) >= 11 is 0. The van der Waals surface area contributed by atoms with Gasteiger partial charge in [0.2, 0.25) is 0 Å². The molecular formula is C7H12O2. The zero-order valence-corrected chi connectivity index (χ0v) is 5.72. The number of hydrogen-bond donors (Lipinski definition) is 0. The molecule has 1 rings (SSSR count). The average Bonchev–Trinajstić information content (AvgIpc) is 2.65. The van der Waals surface area contributed by atoms with Crippen LogP contribution in [0, 0.1) is 0 Å². The predicted octanol–water partition coefficient (Wildman–Crippen LogP) is 1.14. The zero-order valence-electron chi connectivity index (χ0n) is 5.72. The van der Waals surface area contributed by atoms with Gasteiger partial charge in [0.25, 0.3) is 0 Å². The molecule has 0 amide bonds. The van der Waals surface area contributed by atoms with Gasteiger partial charge in [-0.2, -0.15) is 0 Å². The third-order valence-electron chi connectivity index (χ3n) is 1.55. The second-order valence-corrected chi connectivity index (χ2v) is 2.53. The highest BCUT2D eigenvalue weighted by Gasteiger charge is 2.43. The molecule has 1 fully saturated rings. The Kier molecular flexibility index (Phi) is 1.86. The third-order valence-corrected chi connectivity index (χ3v) is 1.55. The molecule has 2 nitrogen and oxygen atoms in total. The van der Waals surface area contributed by atoms with E-state index in [1.165, 1.54) is 0 Å². The first-order valence-corrected chi connectivity index (χ1v) is 3.43. The fraction of sp³-hybridized carbons (Fsp3) is 0.857. The van der Waals surface area contributed by atoms with E-state index >= 15 is 0 Å². The van der Waals surface area contributed by atoms with Crippen molar-refractivity contribution in [1.82, 2.24) is 0 Å². The van der Waals surface area contributed by atoms with Gasteiger partial charge in [0, 0.05) is 6.61 Å². The number of carbonyl (C=O) groups is 1. The molecule has 9 heavy (non-hydrogen) atoms. The molecule has 0 unspecified atom stereocenters. The fourth-order valence-corrected chi connectivity index (χ4v) is 0.725. The van der Waals surface area contributed by atoms with Crippen LogP contribution in [0.5, 0.6) is 0 Å². The van der Waals surface area contributed by atoms with E-state index in [1.807, 2.05) is 6.92 Å². The second kappa shape index (κ2) is 2.48. The molecule has 1 aliphatic carbocycles. The van der Waals surface area contributed by atoms with Gasteiger partial charge in [-0.25, -0.2) is 0 Å². The number of carbonyl (C=O) groups excluding carboxylic acids is 1. The van der Waals surface area contributed by atoms with Crippen LogP contribution in [-0.2, 0) is 9.53 Å². The van der Waals surface area contributed by atoms with Gasteiger partial charge in [-0.3, -0.25) is 0 Å². The zero-order chi connectivity index (χ0) is 6.74. The first kappa shape index (κ1) is 6.75. The van der Waals surface area contributed by atoms with Gasteiger partial charge in [-0.1, -0.05) is 6.92 Å². The van der Waals surface area contributed by atoms with Crippen LogP contribution in [0.3, 0.4) is 0 Å². The lowest BCUT2D eigenvalue weighted by atomic mass is 10.4. The minimum atomic E-state index is -0.337. The smallest absolute Gasteiger partial charge is 0.151 e. The van der Waals surface area contributed by atoms with Crippen molar-refractivity contribution >= 4 is 6.29 Å². The van der Waals surface area contributed by atoms with Crippen LogP contribution in [-0.4, -0.2) is 18.5 Å². The lowest BCUT2D eigenvalue weighted by Crippen LogP contribution is -2.15. The quantitative estimate of drug-likeness (QED) is 0.531. The van der Waals surface area contributed by atoms with Crippen LogP contribution < -0.4 is 0 Å². The largest absolute Gasteiger partial charge is 0.368 e. The summed E-state index contributed by atoms with van der Waals surface area (Å²) in [5.41, 5.74) is -0.337. The van der Waals surface area contributed by atoms with Crippen LogP contribution in [0.4, 0.5) is 0 Å². The van der Waals surface area contributed by atoms with Crippen molar-refractivity contribution in [3.05, 3.63) is 0 Å². The Labute approximate surface area is 55.2 Å². The SMILES string of the molecule is CCCOC1(C=O)CC1. The molecule has 0 aliphatic heterocycles. The van der Waals surface area contributed by atoms with E-state index < -0.39 is 0 Å². The summed E-state index contributed by atoms with van der Waals surface area (Å²) in [6, 6.07) is 0. The summed E-state index contributed by atoms with van der Waals surface area (Å²) in [6.07, 6.45) is 3.78. The van der Waals surface area contributed by atoms with Gasteiger partial charge in [0.15, 0.2) is 6.29 Å². The normalized spacial score (nSPS) is 21.4. The van der Waals surface area contributed by atoms with Gasteiger partial charge >= 0.3 is 0 Å². The molecule has 52 valence electrons. The summed E-state index contributed by atoms with van der Waals surface area (Å²) in [5, 5.41) is 0. The van der Waals surface area contributed by atoms with E-state index in [-0.39, 0.29) is 5.60 Å². The molecule has 0 N–H and O–H groups in total. The van der Waals surface area contributed by atoms with Gasteiger partial charge in [0.05, 0.1) is 0 Å². The summed E-state index contributed by atoms with van der Waals surface area (Å²) < 4.78 is 5.27. The molecular weight excluding hydrogens is 116 g/mol. The Morgan fingerprint density at radius 2 is 2.33 bits per heavy atom. The van der Waals surface area contributed by atoms with E-state index in [4.69, 9.17) is 4.74 Å². The highest BCUT2D eigenvalue weighted by atomic mass is 16.5. The van der Waals surface area contributed by atoms with Crippen molar-refractivity contribution in [2.75, 3.05) is 6.61 Å². The Bertz CT molecular complexity index is 105. The van der Waals surface area contributed by atoms with Gasteiger partial charge < -0.3 is 9.53 Å². The minimum absolute atomic E-state index is 0.337. The molecule has 0 heterocycles. The summed E-state index contributed by atoms with van der Waals surface area (Å²) in [7, 11) is 0. The van der Waals surface area contributed by atoms with E-state index in [9.17, 15) is 4.79 Å². The molecule has 0 bridgehead atoms. The first-order chi connectivity index (χ1) is 4.33. The van der Waals surface area contributed by atoms with Gasteiger partial charge in [-0.05, 0) is 19.3 Å². The van der Waals surface area contributed by atoms with E-state index in [0.29, 0.717) is 0 Å². The molecule has 0 aromatic heterocycles. The fourth-order valence-electron chi connectivity index (χ4n) is 0.725. The molecule has 0 saturated heterocycles. The standard InChI is InChI=1S/C7H12O2/c1-2-5-9-7(6-8)3-4-7/h6H,2-5H2,1H3. The lowest BCUT2D eigenvalue weighted by Gasteiger charge is -2.06. The van der Waals surface area contributed by atoms with Gasteiger partial charge in [-0.15, -0.1) is 0 Å². The predicted molar refractivity (Wildman–Crippen MR) is 34.3 cm³/mol. The molecule has 1 saturated carbocycles. The van der Waals surface area contributed by atoms with Crippen molar-refractivity contribution in [3.63, 3.8) is 0 Å². The van der Waals surface area contributed by atoms with Crippen LogP contribution in [0.15, 0.2) is 0 Å². The van der Waals surface area contributed by atoms with Crippen molar-refractivity contribution in [3.8, 4) is 0 Å². The minimum Gasteiger partial charge on any atom is -0.368 e. The van der Waals surface area contributed by atoms with E-state index in [0.717, 1.165) is 32.2 Å². The van der Waals surface area contributed by atoms with Gasteiger partial charge in [0.1, 0.15) is 5.60 Å². The highest BCUT2D eigenvalue weighted by molar-refractivity contribution is 5.66. The lowest BCUT2D eigenvalue weighted by molar-refractivity contribution is -0.120. The third kappa shape index (κ3) is 1.52. The molecule has 0 radical (unpaired) electrons. The topological polar surface area (TPSA) is 26.3 Å². The molecule has 1 aliphatic rings. The number of rotatable bonds is 4.